The fourth-order valence-corrected chi connectivity index (χ4v) is 3.17. The van der Waals surface area contributed by atoms with E-state index in [0.717, 1.165) is 31.2 Å². The summed E-state index contributed by atoms with van der Waals surface area (Å²) in [6, 6.07) is 18.4. The van der Waals surface area contributed by atoms with Crippen molar-refractivity contribution in [3.05, 3.63) is 71.3 Å². The number of carbonyl (C=O) groups excluding carboxylic acids is 3. The smallest absolute Gasteiger partial charge is 0.334 e. The summed E-state index contributed by atoms with van der Waals surface area (Å²) in [6.07, 6.45) is 5.36. The van der Waals surface area contributed by atoms with Gasteiger partial charge in [0.2, 0.25) is 5.91 Å². The summed E-state index contributed by atoms with van der Waals surface area (Å²) in [4.78, 5) is 39.8. The third kappa shape index (κ3) is 10.7. The first-order chi connectivity index (χ1) is 15.6. The number of carbonyl (C=O) groups is 3. The van der Waals surface area contributed by atoms with E-state index in [0.29, 0.717) is 19.4 Å². The molecule has 0 aliphatic carbocycles. The van der Waals surface area contributed by atoms with Crippen molar-refractivity contribution >= 4 is 17.8 Å². The topological polar surface area (TPSA) is 111 Å². The van der Waals surface area contributed by atoms with E-state index in [9.17, 15) is 14.4 Å². The van der Waals surface area contributed by atoms with Crippen molar-refractivity contribution < 1.29 is 19.2 Å². The Kier molecular flexibility index (Phi) is 11.6. The zero-order valence-electron chi connectivity index (χ0n) is 18.5. The van der Waals surface area contributed by atoms with Gasteiger partial charge >= 0.3 is 5.97 Å². The minimum Gasteiger partial charge on any atom is -0.356 e. The normalized spacial score (nSPS) is 10.4. The van der Waals surface area contributed by atoms with Gasteiger partial charge in [0.05, 0.1) is 12.8 Å². The second kappa shape index (κ2) is 14.8. The minimum atomic E-state index is -0.608. The van der Waals surface area contributed by atoms with Gasteiger partial charge in [0.1, 0.15) is 0 Å². The van der Waals surface area contributed by atoms with Crippen molar-refractivity contribution in [3.8, 4) is 0 Å². The summed E-state index contributed by atoms with van der Waals surface area (Å²) in [6.45, 7) is 0.601. The molecular formula is C25H33N3O4. The first-order valence-corrected chi connectivity index (χ1v) is 11.1. The molecule has 0 atom stereocenters. The summed E-state index contributed by atoms with van der Waals surface area (Å²) in [5.41, 5.74) is 10.9. The van der Waals surface area contributed by atoms with Crippen molar-refractivity contribution in [1.82, 2.24) is 10.8 Å². The average molecular weight is 440 g/mol. The van der Waals surface area contributed by atoms with E-state index in [1.54, 1.807) is 0 Å². The molecule has 0 unspecified atom stereocenters. The third-order valence-electron chi connectivity index (χ3n) is 4.95. The molecule has 0 radical (unpaired) electrons. The number of hydroxylamine groups is 1. The number of aryl methyl sites for hydroxylation is 2. The molecule has 4 N–H and O–H groups in total. The highest BCUT2D eigenvalue weighted by Crippen LogP contribution is 2.11. The molecule has 7 nitrogen and oxygen atoms in total. The highest BCUT2D eigenvalue weighted by Gasteiger charge is 2.09. The Morgan fingerprint density at radius 1 is 0.750 bits per heavy atom. The van der Waals surface area contributed by atoms with Crippen LogP contribution in [0.15, 0.2) is 54.6 Å². The molecule has 0 aliphatic rings. The first-order valence-electron chi connectivity index (χ1n) is 11.1. The SMILES string of the molecule is NCCCC(=O)NCCC(=O)ONC(=O)Cc1ccc(CCCCc2ccccc2)cc1. The number of rotatable bonds is 13. The lowest BCUT2D eigenvalue weighted by Crippen LogP contribution is -2.31. The van der Waals surface area contributed by atoms with Gasteiger partial charge in [0.15, 0.2) is 0 Å². The minimum absolute atomic E-state index is 0.0202. The maximum absolute atomic E-state index is 12.0. The lowest BCUT2D eigenvalue weighted by atomic mass is 10.0. The molecule has 0 saturated carbocycles. The maximum atomic E-state index is 12.0. The Morgan fingerprint density at radius 2 is 1.38 bits per heavy atom. The van der Waals surface area contributed by atoms with E-state index < -0.39 is 11.9 Å². The molecule has 0 aliphatic heterocycles. The van der Waals surface area contributed by atoms with Gasteiger partial charge in [0.25, 0.3) is 5.91 Å². The molecule has 2 amide bonds. The number of nitrogens with two attached hydrogens (primary N) is 1. The molecular weight excluding hydrogens is 406 g/mol. The fraction of sp³-hybridized carbons (Fsp3) is 0.400. The highest BCUT2D eigenvalue weighted by molar-refractivity contribution is 5.80. The van der Waals surface area contributed by atoms with Crippen LogP contribution in [0.25, 0.3) is 0 Å². The maximum Gasteiger partial charge on any atom is 0.334 e. The first kappa shape index (κ1) is 25.1. The Labute approximate surface area is 189 Å². The molecule has 2 rings (SSSR count). The summed E-state index contributed by atoms with van der Waals surface area (Å²) < 4.78 is 0. The van der Waals surface area contributed by atoms with Gasteiger partial charge in [-0.1, -0.05) is 54.6 Å². The summed E-state index contributed by atoms with van der Waals surface area (Å²) in [7, 11) is 0. The van der Waals surface area contributed by atoms with E-state index in [4.69, 9.17) is 10.6 Å². The molecule has 32 heavy (non-hydrogen) atoms. The van der Waals surface area contributed by atoms with E-state index in [1.165, 1.54) is 11.1 Å². The number of hydrogen-bond acceptors (Lipinski definition) is 5. The standard InChI is InChI=1S/C25H33N3O4/c26-17-6-11-23(29)27-18-16-25(31)32-28-24(30)19-22-14-12-21(13-15-22)10-5-4-9-20-7-2-1-3-8-20/h1-3,7-8,12-15H,4-6,9-11,16-19,26H2,(H,27,29)(H,28,30). The van der Waals surface area contributed by atoms with Crippen LogP contribution in [0.1, 0.15) is 48.8 Å². The number of hydrogen-bond donors (Lipinski definition) is 3. The third-order valence-corrected chi connectivity index (χ3v) is 4.95. The van der Waals surface area contributed by atoms with Gasteiger partial charge in [-0.25, -0.2) is 4.79 Å². The zero-order valence-corrected chi connectivity index (χ0v) is 18.5. The van der Waals surface area contributed by atoms with Crippen LogP contribution in [-0.2, 0) is 38.5 Å². The van der Waals surface area contributed by atoms with E-state index in [2.05, 4.69) is 35.1 Å². The van der Waals surface area contributed by atoms with Crippen LogP contribution >= 0.6 is 0 Å². The van der Waals surface area contributed by atoms with Crippen LogP contribution in [0.4, 0.5) is 0 Å². The zero-order chi connectivity index (χ0) is 23.0. The van der Waals surface area contributed by atoms with Crippen molar-refractivity contribution in [1.29, 1.82) is 0 Å². The number of amides is 2. The van der Waals surface area contributed by atoms with E-state index in [-0.39, 0.29) is 25.3 Å². The predicted molar refractivity (Wildman–Crippen MR) is 123 cm³/mol. The molecule has 0 bridgehead atoms. The predicted octanol–water partition coefficient (Wildman–Crippen LogP) is 2.61. The lowest BCUT2D eigenvalue weighted by molar-refractivity contribution is -0.158. The van der Waals surface area contributed by atoms with Crippen molar-refractivity contribution in [3.63, 3.8) is 0 Å². The second-order valence-electron chi connectivity index (χ2n) is 7.68. The molecule has 2 aromatic carbocycles. The van der Waals surface area contributed by atoms with Crippen LogP contribution in [0.2, 0.25) is 0 Å². The van der Waals surface area contributed by atoms with Gasteiger partial charge in [-0.05, 0) is 55.3 Å². The monoisotopic (exact) mass is 439 g/mol. The van der Waals surface area contributed by atoms with Gasteiger partial charge < -0.3 is 15.9 Å². The van der Waals surface area contributed by atoms with Crippen molar-refractivity contribution in [2.45, 2.75) is 51.4 Å². The molecule has 2 aromatic rings. The van der Waals surface area contributed by atoms with Crippen LogP contribution in [0.3, 0.4) is 0 Å². The largest absolute Gasteiger partial charge is 0.356 e. The van der Waals surface area contributed by atoms with E-state index in [1.807, 2.05) is 30.3 Å². The van der Waals surface area contributed by atoms with Crippen LogP contribution in [-0.4, -0.2) is 30.9 Å². The van der Waals surface area contributed by atoms with Crippen molar-refractivity contribution in [2.24, 2.45) is 5.73 Å². The molecule has 0 heterocycles. The number of nitrogens with one attached hydrogen (secondary N) is 2. The number of benzene rings is 2. The van der Waals surface area contributed by atoms with E-state index >= 15 is 0 Å². The molecule has 172 valence electrons. The number of unbranched alkanes of at least 4 members (excludes halogenated alkanes) is 1. The molecule has 0 fully saturated rings. The Bertz CT molecular complexity index is 838. The Hall–Kier alpha value is -3.19. The summed E-state index contributed by atoms with van der Waals surface area (Å²) >= 11 is 0. The molecule has 0 saturated heterocycles. The molecule has 0 aromatic heterocycles. The Morgan fingerprint density at radius 3 is 2.03 bits per heavy atom. The quantitative estimate of drug-likeness (QED) is 0.328. The van der Waals surface area contributed by atoms with Crippen LogP contribution < -0.4 is 16.5 Å². The molecule has 7 heteroatoms. The Balaban J connectivity index is 1.58. The summed E-state index contributed by atoms with van der Waals surface area (Å²) in [5.74, 6) is -1.17. The van der Waals surface area contributed by atoms with Gasteiger partial charge in [0, 0.05) is 13.0 Å². The van der Waals surface area contributed by atoms with Crippen LogP contribution in [0.5, 0.6) is 0 Å². The fourth-order valence-electron chi connectivity index (χ4n) is 3.17. The average Bonchev–Trinajstić information content (AvgIpc) is 2.81. The second-order valence-corrected chi connectivity index (χ2v) is 7.68. The van der Waals surface area contributed by atoms with Gasteiger partial charge in [-0.2, -0.15) is 5.48 Å². The summed E-state index contributed by atoms with van der Waals surface area (Å²) in [5, 5.41) is 2.60. The highest BCUT2D eigenvalue weighted by atomic mass is 16.7. The van der Waals surface area contributed by atoms with Crippen LogP contribution in [0, 0.1) is 0 Å². The van der Waals surface area contributed by atoms with Gasteiger partial charge in [-0.15, -0.1) is 0 Å². The lowest BCUT2D eigenvalue weighted by Gasteiger charge is -2.08. The van der Waals surface area contributed by atoms with Gasteiger partial charge in [-0.3, -0.25) is 9.59 Å². The molecule has 0 spiro atoms. The van der Waals surface area contributed by atoms with Crippen molar-refractivity contribution in [2.75, 3.05) is 13.1 Å².